The largest absolute Gasteiger partial charge is 0.497 e. The van der Waals surface area contributed by atoms with Crippen LogP contribution >= 0.6 is 0 Å². The highest BCUT2D eigenvalue weighted by Gasteiger charge is 2.25. The number of hydrogen-bond acceptors (Lipinski definition) is 4. The van der Waals surface area contributed by atoms with Gasteiger partial charge in [-0.25, -0.2) is 13.1 Å². The third-order valence-electron chi connectivity index (χ3n) is 4.42. The molecule has 128 valence electrons. The fraction of sp³-hybridized carbons (Fsp3) is 0.353. The van der Waals surface area contributed by atoms with Crippen molar-refractivity contribution >= 4 is 10.0 Å². The van der Waals surface area contributed by atoms with Crippen LogP contribution in [0.5, 0.6) is 5.75 Å². The molecule has 7 heteroatoms. The van der Waals surface area contributed by atoms with E-state index in [-0.39, 0.29) is 16.5 Å². The minimum atomic E-state index is -3.58. The molecule has 0 spiro atoms. The number of hydrogen-bond donors (Lipinski definition) is 1. The molecule has 0 aliphatic heterocycles. The van der Waals surface area contributed by atoms with E-state index < -0.39 is 10.0 Å². The maximum atomic E-state index is 12.5. The Bertz CT molecular complexity index is 901. The van der Waals surface area contributed by atoms with E-state index in [9.17, 15) is 13.2 Å². The molecule has 1 atom stereocenters. The first-order valence-corrected chi connectivity index (χ1v) is 9.23. The Morgan fingerprint density at radius 2 is 1.88 bits per heavy atom. The van der Waals surface area contributed by atoms with Crippen LogP contribution in [0.25, 0.3) is 0 Å². The lowest BCUT2D eigenvalue weighted by atomic mass is 9.92. The number of ether oxygens (including phenoxy) is 1. The smallest absolute Gasteiger partial charge is 0.250 e. The molecule has 0 bridgehead atoms. The van der Waals surface area contributed by atoms with Crippen molar-refractivity contribution in [2.75, 3.05) is 7.11 Å². The van der Waals surface area contributed by atoms with Crippen molar-refractivity contribution in [1.29, 1.82) is 0 Å². The van der Waals surface area contributed by atoms with Crippen LogP contribution in [-0.2, 0) is 29.9 Å². The number of sulfonamides is 1. The summed E-state index contributed by atoms with van der Waals surface area (Å²) in [5.41, 5.74) is 1.97. The summed E-state index contributed by atoms with van der Waals surface area (Å²) in [4.78, 5) is 11.9. The van der Waals surface area contributed by atoms with Gasteiger partial charge in [-0.2, -0.15) is 0 Å². The van der Waals surface area contributed by atoms with Crippen LogP contribution < -0.4 is 15.0 Å². The summed E-state index contributed by atoms with van der Waals surface area (Å²) in [5, 5.41) is 0. The standard InChI is InChI=1S/C17H20N2O4S/c1-19-16-9-4-13(11-12(16)3-10-17(19)20)18-24(21,22)15-7-5-14(23-2)6-8-15/h3,5-8,10,13,18H,4,9,11H2,1-2H3/t13-/m0/s1. The number of aromatic nitrogens is 1. The minimum Gasteiger partial charge on any atom is -0.497 e. The third-order valence-corrected chi connectivity index (χ3v) is 5.96. The average Bonchev–Trinajstić information content (AvgIpc) is 2.58. The molecule has 0 saturated carbocycles. The first-order valence-electron chi connectivity index (χ1n) is 7.75. The summed E-state index contributed by atoms with van der Waals surface area (Å²) in [6, 6.07) is 9.46. The zero-order valence-corrected chi connectivity index (χ0v) is 14.5. The van der Waals surface area contributed by atoms with E-state index in [2.05, 4.69) is 4.72 Å². The Balaban J connectivity index is 1.78. The summed E-state index contributed by atoms with van der Waals surface area (Å²) in [6.07, 6.45) is 1.93. The Morgan fingerprint density at radius 1 is 1.17 bits per heavy atom. The van der Waals surface area contributed by atoms with Gasteiger partial charge in [-0.05, 0) is 49.1 Å². The van der Waals surface area contributed by atoms with Gasteiger partial charge in [-0.1, -0.05) is 6.07 Å². The summed E-state index contributed by atoms with van der Waals surface area (Å²) in [7, 11) is -0.291. The monoisotopic (exact) mass is 348 g/mol. The quantitative estimate of drug-likeness (QED) is 0.901. The molecule has 1 aromatic heterocycles. The van der Waals surface area contributed by atoms with E-state index in [1.165, 1.54) is 25.3 Å². The number of nitrogens with one attached hydrogen (secondary N) is 1. The molecule has 1 aliphatic carbocycles. The van der Waals surface area contributed by atoms with Crippen molar-refractivity contribution in [2.24, 2.45) is 7.05 Å². The lowest BCUT2D eigenvalue weighted by Gasteiger charge is -2.26. The predicted molar refractivity (Wildman–Crippen MR) is 90.8 cm³/mol. The van der Waals surface area contributed by atoms with E-state index in [1.807, 2.05) is 0 Å². The first-order chi connectivity index (χ1) is 11.4. The Kier molecular flexibility index (Phi) is 4.47. The zero-order chi connectivity index (χ0) is 17.3. The van der Waals surface area contributed by atoms with E-state index in [0.29, 0.717) is 25.0 Å². The van der Waals surface area contributed by atoms with Gasteiger partial charge in [0, 0.05) is 24.8 Å². The molecule has 2 aromatic rings. The predicted octanol–water partition coefficient (Wildman–Crippen LogP) is 1.23. The van der Waals surface area contributed by atoms with Crippen molar-refractivity contribution in [3.8, 4) is 5.75 Å². The molecule has 1 heterocycles. The molecule has 0 amide bonds. The number of nitrogens with zero attached hydrogens (tertiary/aromatic N) is 1. The Hall–Kier alpha value is -2.12. The number of fused-ring (bicyclic) bond motifs is 1. The van der Waals surface area contributed by atoms with Crippen molar-refractivity contribution in [3.63, 3.8) is 0 Å². The molecule has 24 heavy (non-hydrogen) atoms. The maximum Gasteiger partial charge on any atom is 0.250 e. The molecule has 0 saturated heterocycles. The van der Waals surface area contributed by atoms with Crippen LogP contribution in [0.4, 0.5) is 0 Å². The second kappa shape index (κ2) is 6.41. The van der Waals surface area contributed by atoms with Crippen LogP contribution in [0.1, 0.15) is 17.7 Å². The fourth-order valence-electron chi connectivity index (χ4n) is 3.06. The highest BCUT2D eigenvalue weighted by atomic mass is 32.2. The summed E-state index contributed by atoms with van der Waals surface area (Å²) >= 11 is 0. The molecule has 1 aliphatic rings. The van der Waals surface area contributed by atoms with Crippen molar-refractivity contribution in [3.05, 3.63) is 58.0 Å². The highest BCUT2D eigenvalue weighted by Crippen LogP contribution is 2.22. The first kappa shape index (κ1) is 16.7. The lowest BCUT2D eigenvalue weighted by molar-refractivity contribution is 0.414. The highest BCUT2D eigenvalue weighted by molar-refractivity contribution is 7.89. The zero-order valence-electron chi connectivity index (χ0n) is 13.7. The van der Waals surface area contributed by atoms with E-state index in [4.69, 9.17) is 4.74 Å². The topological polar surface area (TPSA) is 77.4 Å². The van der Waals surface area contributed by atoms with E-state index in [1.54, 1.807) is 29.8 Å². The van der Waals surface area contributed by atoms with Crippen LogP contribution in [0.15, 0.2) is 46.1 Å². The van der Waals surface area contributed by atoms with Gasteiger partial charge in [-0.3, -0.25) is 4.79 Å². The van der Waals surface area contributed by atoms with E-state index >= 15 is 0 Å². The van der Waals surface area contributed by atoms with Crippen LogP contribution in [-0.4, -0.2) is 26.1 Å². The van der Waals surface area contributed by atoms with Gasteiger partial charge in [0.25, 0.3) is 0 Å². The van der Waals surface area contributed by atoms with Gasteiger partial charge in [0.2, 0.25) is 15.6 Å². The van der Waals surface area contributed by atoms with E-state index in [0.717, 1.165) is 11.3 Å². The van der Waals surface area contributed by atoms with Gasteiger partial charge in [0.05, 0.1) is 12.0 Å². The maximum absolute atomic E-state index is 12.5. The van der Waals surface area contributed by atoms with Gasteiger partial charge in [0.1, 0.15) is 5.75 Å². The summed E-state index contributed by atoms with van der Waals surface area (Å²) in [6.45, 7) is 0. The van der Waals surface area contributed by atoms with Crippen LogP contribution in [0, 0.1) is 0 Å². The molecule has 6 nitrogen and oxygen atoms in total. The van der Waals surface area contributed by atoms with Gasteiger partial charge in [0.15, 0.2) is 0 Å². The third kappa shape index (κ3) is 3.22. The molecule has 0 radical (unpaired) electrons. The second-order valence-electron chi connectivity index (χ2n) is 5.94. The lowest BCUT2D eigenvalue weighted by Crippen LogP contribution is -2.40. The van der Waals surface area contributed by atoms with Crippen molar-refractivity contribution in [2.45, 2.75) is 30.2 Å². The normalized spacial score (nSPS) is 17.3. The van der Waals surface area contributed by atoms with Crippen molar-refractivity contribution < 1.29 is 13.2 Å². The summed E-state index contributed by atoms with van der Waals surface area (Å²) < 4.78 is 34.5. The number of benzene rings is 1. The van der Waals surface area contributed by atoms with Crippen molar-refractivity contribution in [1.82, 2.24) is 9.29 Å². The Morgan fingerprint density at radius 3 is 2.54 bits per heavy atom. The van der Waals surface area contributed by atoms with Crippen LogP contribution in [0.3, 0.4) is 0 Å². The second-order valence-corrected chi connectivity index (χ2v) is 7.65. The molecule has 1 N–H and O–H groups in total. The molecule has 0 fully saturated rings. The molecule has 1 aromatic carbocycles. The van der Waals surface area contributed by atoms with Crippen LogP contribution in [0.2, 0.25) is 0 Å². The number of rotatable bonds is 4. The minimum absolute atomic E-state index is 0.0361. The SMILES string of the molecule is COc1ccc(S(=O)(=O)N[C@H]2CCc3c(ccc(=O)n3C)C2)cc1. The molecule has 0 unspecified atom stereocenters. The Labute approximate surface area is 141 Å². The molecular formula is C17H20N2O4S. The summed E-state index contributed by atoms with van der Waals surface area (Å²) in [5.74, 6) is 0.612. The molecular weight excluding hydrogens is 328 g/mol. The molecule has 3 rings (SSSR count). The van der Waals surface area contributed by atoms with Gasteiger partial charge in [-0.15, -0.1) is 0 Å². The average molecular weight is 348 g/mol. The van der Waals surface area contributed by atoms with Gasteiger partial charge < -0.3 is 9.30 Å². The number of methoxy groups -OCH3 is 1. The number of pyridine rings is 1. The van der Waals surface area contributed by atoms with Gasteiger partial charge >= 0.3 is 0 Å². The fourth-order valence-corrected chi connectivity index (χ4v) is 4.33.